The highest BCUT2D eigenvalue weighted by atomic mass is 16.2. The van der Waals surface area contributed by atoms with Crippen molar-refractivity contribution in [2.45, 2.75) is 26.3 Å². The van der Waals surface area contributed by atoms with Crippen LogP contribution in [0.1, 0.15) is 47.4 Å². The van der Waals surface area contributed by atoms with Crippen molar-refractivity contribution in [3.63, 3.8) is 0 Å². The Bertz CT molecular complexity index is 1050. The quantitative estimate of drug-likeness (QED) is 0.749. The number of fused-ring (bicyclic) bond motifs is 1. The third kappa shape index (κ3) is 3.96. The van der Waals surface area contributed by atoms with Crippen LogP contribution >= 0.6 is 0 Å². The summed E-state index contributed by atoms with van der Waals surface area (Å²) in [6, 6.07) is 13.8. The van der Waals surface area contributed by atoms with Crippen LogP contribution in [0.15, 0.2) is 48.7 Å². The third-order valence-corrected chi connectivity index (χ3v) is 3.73. The molecule has 0 spiro atoms. The van der Waals surface area contributed by atoms with E-state index >= 15 is 0 Å². The summed E-state index contributed by atoms with van der Waals surface area (Å²) in [5, 5.41) is 14.5. The Kier molecular flexibility index (Phi) is 4.65. The molecule has 0 radical (unpaired) electrons. The number of nitrogens with zero attached hydrogens (tertiary/aromatic N) is 3. The Balaban J connectivity index is 1.95. The number of aromatic nitrogens is 2. The lowest BCUT2D eigenvalue weighted by Gasteiger charge is -2.19. The summed E-state index contributed by atoms with van der Waals surface area (Å²) in [6.45, 7) is 5.63. The molecule has 2 aromatic heterocycles. The standard InChI is InChI=1S/C20H19N5O2/c1-20(2,3)24-18(26)16-15-6-4-5-11-25(15)17(23-16)19(27)22-14-9-7-13(12-21)8-10-14/h4-11H,1-3H3,(H,22,27)(H,24,26). The van der Waals surface area contributed by atoms with Gasteiger partial charge in [-0.3, -0.25) is 14.0 Å². The number of anilines is 1. The first-order chi connectivity index (χ1) is 12.8. The van der Waals surface area contributed by atoms with Gasteiger partial charge in [0.15, 0.2) is 5.69 Å². The van der Waals surface area contributed by atoms with Gasteiger partial charge in [-0.25, -0.2) is 4.98 Å². The summed E-state index contributed by atoms with van der Waals surface area (Å²) >= 11 is 0. The van der Waals surface area contributed by atoms with Crippen molar-refractivity contribution in [1.29, 1.82) is 5.26 Å². The van der Waals surface area contributed by atoms with Crippen LogP contribution in [0.4, 0.5) is 5.69 Å². The smallest absolute Gasteiger partial charge is 0.292 e. The number of imidazole rings is 1. The largest absolute Gasteiger partial charge is 0.346 e. The number of nitriles is 1. The molecule has 0 atom stereocenters. The molecule has 7 heteroatoms. The molecule has 136 valence electrons. The van der Waals surface area contributed by atoms with Gasteiger partial charge in [0.25, 0.3) is 11.8 Å². The average molecular weight is 361 g/mol. The minimum absolute atomic E-state index is 0.106. The minimum Gasteiger partial charge on any atom is -0.346 e. The number of benzene rings is 1. The highest BCUT2D eigenvalue weighted by Gasteiger charge is 2.24. The van der Waals surface area contributed by atoms with Crippen molar-refractivity contribution in [3.8, 4) is 6.07 Å². The van der Waals surface area contributed by atoms with Gasteiger partial charge >= 0.3 is 0 Å². The van der Waals surface area contributed by atoms with E-state index in [-0.39, 0.29) is 17.4 Å². The van der Waals surface area contributed by atoms with Crippen molar-refractivity contribution in [2.24, 2.45) is 0 Å². The highest BCUT2D eigenvalue weighted by molar-refractivity contribution is 6.06. The zero-order valence-electron chi connectivity index (χ0n) is 15.3. The molecule has 0 aliphatic carbocycles. The molecule has 0 saturated heterocycles. The lowest BCUT2D eigenvalue weighted by Crippen LogP contribution is -2.40. The van der Waals surface area contributed by atoms with Gasteiger partial charge in [0, 0.05) is 17.4 Å². The first kappa shape index (κ1) is 18.1. The van der Waals surface area contributed by atoms with Gasteiger partial charge in [-0.1, -0.05) is 6.07 Å². The van der Waals surface area contributed by atoms with Crippen LogP contribution in [-0.4, -0.2) is 26.7 Å². The van der Waals surface area contributed by atoms with Crippen molar-refractivity contribution in [3.05, 3.63) is 65.7 Å². The summed E-state index contributed by atoms with van der Waals surface area (Å²) in [5.74, 6) is -0.687. The number of carbonyl (C=O) groups is 2. The molecule has 0 fully saturated rings. The molecule has 2 heterocycles. The molecule has 2 N–H and O–H groups in total. The van der Waals surface area contributed by atoms with E-state index in [4.69, 9.17) is 5.26 Å². The second-order valence-corrected chi connectivity index (χ2v) is 7.09. The zero-order chi connectivity index (χ0) is 19.6. The Hall–Kier alpha value is -3.66. The maximum Gasteiger partial charge on any atom is 0.292 e. The van der Waals surface area contributed by atoms with Gasteiger partial charge in [-0.2, -0.15) is 5.26 Å². The number of hydrogen-bond acceptors (Lipinski definition) is 4. The van der Waals surface area contributed by atoms with E-state index < -0.39 is 11.4 Å². The van der Waals surface area contributed by atoms with Crippen LogP contribution in [0.25, 0.3) is 5.52 Å². The van der Waals surface area contributed by atoms with Gasteiger partial charge in [-0.05, 0) is 57.2 Å². The number of hydrogen-bond donors (Lipinski definition) is 2. The van der Waals surface area contributed by atoms with Crippen LogP contribution in [-0.2, 0) is 0 Å². The van der Waals surface area contributed by atoms with Gasteiger partial charge in [-0.15, -0.1) is 0 Å². The van der Waals surface area contributed by atoms with Crippen LogP contribution < -0.4 is 10.6 Å². The molecule has 3 aromatic rings. The van der Waals surface area contributed by atoms with Gasteiger partial charge < -0.3 is 10.6 Å². The van der Waals surface area contributed by atoms with Gasteiger partial charge in [0.2, 0.25) is 5.82 Å². The molecular weight excluding hydrogens is 342 g/mol. The predicted octanol–water partition coefficient (Wildman–Crippen LogP) is 2.99. The maximum atomic E-state index is 12.7. The molecule has 0 saturated carbocycles. The number of amides is 2. The SMILES string of the molecule is CC(C)(C)NC(=O)c1nc(C(=O)Nc2ccc(C#N)cc2)n2ccccc12. The maximum absolute atomic E-state index is 12.7. The molecule has 1 aromatic carbocycles. The zero-order valence-corrected chi connectivity index (χ0v) is 15.3. The lowest BCUT2D eigenvalue weighted by atomic mass is 10.1. The molecule has 7 nitrogen and oxygen atoms in total. The molecule has 0 aliphatic rings. The lowest BCUT2D eigenvalue weighted by molar-refractivity contribution is 0.0916. The van der Waals surface area contributed by atoms with E-state index in [0.717, 1.165) is 0 Å². The number of pyridine rings is 1. The monoisotopic (exact) mass is 361 g/mol. The molecule has 27 heavy (non-hydrogen) atoms. The average Bonchev–Trinajstić information content (AvgIpc) is 3.01. The van der Waals surface area contributed by atoms with E-state index in [2.05, 4.69) is 15.6 Å². The number of carbonyl (C=O) groups excluding carboxylic acids is 2. The summed E-state index contributed by atoms with van der Waals surface area (Å²) in [5.41, 5.74) is 1.35. The van der Waals surface area contributed by atoms with E-state index in [1.165, 1.54) is 0 Å². The predicted molar refractivity (Wildman–Crippen MR) is 102 cm³/mol. The highest BCUT2D eigenvalue weighted by Crippen LogP contribution is 2.16. The third-order valence-electron chi connectivity index (χ3n) is 3.73. The van der Waals surface area contributed by atoms with Crippen molar-refractivity contribution < 1.29 is 9.59 Å². The summed E-state index contributed by atoms with van der Waals surface area (Å²) in [6.07, 6.45) is 1.68. The Morgan fingerprint density at radius 3 is 2.41 bits per heavy atom. The van der Waals surface area contributed by atoms with Crippen molar-refractivity contribution >= 4 is 23.0 Å². The van der Waals surface area contributed by atoms with E-state index in [1.807, 2.05) is 26.8 Å². The Morgan fingerprint density at radius 1 is 1.07 bits per heavy atom. The van der Waals surface area contributed by atoms with Gasteiger partial charge in [0.05, 0.1) is 17.1 Å². The summed E-state index contributed by atoms with van der Waals surface area (Å²) in [7, 11) is 0. The number of nitrogens with one attached hydrogen (secondary N) is 2. The molecule has 2 amide bonds. The fourth-order valence-electron chi connectivity index (χ4n) is 2.58. The van der Waals surface area contributed by atoms with E-state index in [0.29, 0.717) is 16.8 Å². The minimum atomic E-state index is -0.448. The molecule has 0 aliphatic heterocycles. The fourth-order valence-corrected chi connectivity index (χ4v) is 2.58. The second-order valence-electron chi connectivity index (χ2n) is 7.09. The van der Waals surface area contributed by atoms with E-state index in [1.54, 1.807) is 53.1 Å². The fraction of sp³-hybridized carbons (Fsp3) is 0.200. The van der Waals surface area contributed by atoms with Crippen molar-refractivity contribution in [2.75, 3.05) is 5.32 Å². The van der Waals surface area contributed by atoms with Crippen LogP contribution in [0.2, 0.25) is 0 Å². The topological polar surface area (TPSA) is 99.3 Å². The number of rotatable bonds is 3. The van der Waals surface area contributed by atoms with Gasteiger partial charge in [0.1, 0.15) is 0 Å². The summed E-state index contributed by atoms with van der Waals surface area (Å²) < 4.78 is 1.58. The van der Waals surface area contributed by atoms with E-state index in [9.17, 15) is 9.59 Å². The molecular formula is C20H19N5O2. The summed E-state index contributed by atoms with van der Waals surface area (Å²) in [4.78, 5) is 29.6. The van der Waals surface area contributed by atoms with Crippen LogP contribution in [0, 0.1) is 11.3 Å². The van der Waals surface area contributed by atoms with Crippen LogP contribution in [0.5, 0.6) is 0 Å². The Labute approximate surface area is 156 Å². The normalized spacial score (nSPS) is 11.0. The molecule has 3 rings (SSSR count). The second kappa shape index (κ2) is 6.92. The van der Waals surface area contributed by atoms with Crippen molar-refractivity contribution in [1.82, 2.24) is 14.7 Å². The molecule has 0 unspecified atom stereocenters. The first-order valence-corrected chi connectivity index (χ1v) is 8.39. The van der Waals surface area contributed by atoms with Crippen LogP contribution in [0.3, 0.4) is 0 Å². The first-order valence-electron chi connectivity index (χ1n) is 8.39. The Morgan fingerprint density at radius 2 is 1.78 bits per heavy atom. The molecule has 0 bridgehead atoms.